The molecule has 2 aromatic rings. The molecule has 0 bridgehead atoms. The molecule has 5 nitrogen and oxygen atoms in total. The summed E-state index contributed by atoms with van der Waals surface area (Å²) in [6.07, 6.45) is 2.50. The standard InChI is InChI=1S/C19H22N2O3/c1-4-11-24-17-10-7-15(12-18(17)23-3)13-20-21-19(22)16-8-5-14(2)6-9-16/h5-10,12-13H,4,11H2,1-3H3,(H,21,22)/b20-13+. The molecule has 126 valence electrons. The highest BCUT2D eigenvalue weighted by molar-refractivity contribution is 5.94. The molecule has 0 aliphatic heterocycles. The van der Waals surface area contributed by atoms with Crippen LogP contribution in [-0.4, -0.2) is 25.8 Å². The normalized spacial score (nSPS) is 10.6. The highest BCUT2D eigenvalue weighted by Crippen LogP contribution is 2.27. The van der Waals surface area contributed by atoms with Crippen molar-refractivity contribution < 1.29 is 14.3 Å². The van der Waals surface area contributed by atoms with E-state index >= 15 is 0 Å². The number of amides is 1. The predicted molar refractivity (Wildman–Crippen MR) is 95.0 cm³/mol. The van der Waals surface area contributed by atoms with Gasteiger partial charge in [0.2, 0.25) is 0 Å². The summed E-state index contributed by atoms with van der Waals surface area (Å²) in [7, 11) is 1.59. The summed E-state index contributed by atoms with van der Waals surface area (Å²) in [5.41, 5.74) is 4.99. The van der Waals surface area contributed by atoms with E-state index in [-0.39, 0.29) is 5.91 Å². The van der Waals surface area contributed by atoms with Crippen LogP contribution in [0.15, 0.2) is 47.6 Å². The lowest BCUT2D eigenvalue weighted by Crippen LogP contribution is -2.17. The van der Waals surface area contributed by atoms with Gasteiger partial charge in [0.25, 0.3) is 5.91 Å². The number of hydrogen-bond donors (Lipinski definition) is 1. The number of carbonyl (C=O) groups excluding carboxylic acids is 1. The number of hydrogen-bond acceptors (Lipinski definition) is 4. The van der Waals surface area contributed by atoms with Gasteiger partial charge in [0.05, 0.1) is 19.9 Å². The fourth-order valence-electron chi connectivity index (χ4n) is 2.03. The van der Waals surface area contributed by atoms with Gasteiger partial charge in [-0.25, -0.2) is 5.43 Å². The Morgan fingerprint density at radius 2 is 1.92 bits per heavy atom. The van der Waals surface area contributed by atoms with Crippen molar-refractivity contribution in [3.05, 3.63) is 59.2 Å². The molecule has 24 heavy (non-hydrogen) atoms. The fraction of sp³-hybridized carbons (Fsp3) is 0.263. The first-order chi connectivity index (χ1) is 11.6. The van der Waals surface area contributed by atoms with Crippen LogP contribution < -0.4 is 14.9 Å². The number of nitrogens with one attached hydrogen (secondary N) is 1. The molecule has 0 fully saturated rings. The van der Waals surface area contributed by atoms with Crippen molar-refractivity contribution >= 4 is 12.1 Å². The van der Waals surface area contributed by atoms with Crippen LogP contribution in [0.3, 0.4) is 0 Å². The molecule has 0 radical (unpaired) electrons. The van der Waals surface area contributed by atoms with Crippen molar-refractivity contribution in [2.45, 2.75) is 20.3 Å². The number of hydrazone groups is 1. The molecule has 0 atom stereocenters. The lowest BCUT2D eigenvalue weighted by Gasteiger charge is -2.10. The highest BCUT2D eigenvalue weighted by atomic mass is 16.5. The van der Waals surface area contributed by atoms with E-state index < -0.39 is 0 Å². The summed E-state index contributed by atoms with van der Waals surface area (Å²) in [4.78, 5) is 12.0. The summed E-state index contributed by atoms with van der Waals surface area (Å²) < 4.78 is 10.9. The van der Waals surface area contributed by atoms with Gasteiger partial charge < -0.3 is 9.47 Å². The summed E-state index contributed by atoms with van der Waals surface area (Å²) in [6.45, 7) is 4.65. The second kappa shape index (κ2) is 8.72. The van der Waals surface area contributed by atoms with E-state index in [0.29, 0.717) is 23.7 Å². The van der Waals surface area contributed by atoms with Crippen molar-refractivity contribution in [3.63, 3.8) is 0 Å². The van der Waals surface area contributed by atoms with E-state index in [0.717, 1.165) is 17.5 Å². The number of rotatable bonds is 7. The molecule has 5 heteroatoms. The van der Waals surface area contributed by atoms with Gasteiger partial charge in [-0.05, 0) is 49.2 Å². The minimum absolute atomic E-state index is 0.249. The first-order valence-electron chi connectivity index (χ1n) is 7.85. The minimum atomic E-state index is -0.249. The van der Waals surface area contributed by atoms with Gasteiger partial charge in [0, 0.05) is 5.56 Å². The second-order valence-electron chi connectivity index (χ2n) is 5.32. The Morgan fingerprint density at radius 3 is 2.58 bits per heavy atom. The van der Waals surface area contributed by atoms with Crippen LogP contribution in [0.2, 0.25) is 0 Å². The molecular formula is C19H22N2O3. The molecule has 1 N–H and O–H groups in total. The quantitative estimate of drug-likeness (QED) is 0.625. The molecule has 1 amide bonds. The van der Waals surface area contributed by atoms with Gasteiger partial charge in [-0.15, -0.1) is 0 Å². The van der Waals surface area contributed by atoms with Crippen molar-refractivity contribution in [2.24, 2.45) is 5.10 Å². The average molecular weight is 326 g/mol. The van der Waals surface area contributed by atoms with E-state index in [4.69, 9.17) is 9.47 Å². The molecule has 0 aliphatic carbocycles. The van der Waals surface area contributed by atoms with Crippen LogP contribution in [0, 0.1) is 6.92 Å². The van der Waals surface area contributed by atoms with Crippen LogP contribution >= 0.6 is 0 Å². The van der Waals surface area contributed by atoms with Crippen molar-refractivity contribution in [3.8, 4) is 11.5 Å². The lowest BCUT2D eigenvalue weighted by molar-refractivity contribution is 0.0955. The maximum Gasteiger partial charge on any atom is 0.271 e. The monoisotopic (exact) mass is 326 g/mol. The maximum absolute atomic E-state index is 12.0. The molecule has 0 spiro atoms. The Morgan fingerprint density at radius 1 is 1.17 bits per heavy atom. The minimum Gasteiger partial charge on any atom is -0.493 e. The summed E-state index contributed by atoms with van der Waals surface area (Å²) in [5.74, 6) is 1.08. The largest absolute Gasteiger partial charge is 0.493 e. The molecule has 0 saturated heterocycles. The topological polar surface area (TPSA) is 59.9 Å². The third-order valence-electron chi connectivity index (χ3n) is 3.34. The SMILES string of the molecule is CCCOc1ccc(/C=N/NC(=O)c2ccc(C)cc2)cc1OC. The zero-order valence-electron chi connectivity index (χ0n) is 14.2. The Bertz CT molecular complexity index is 709. The Kier molecular flexibility index (Phi) is 6.37. The van der Waals surface area contributed by atoms with Crippen molar-refractivity contribution in [1.29, 1.82) is 0 Å². The van der Waals surface area contributed by atoms with Crippen LogP contribution in [-0.2, 0) is 0 Å². The number of aryl methyl sites for hydroxylation is 1. The smallest absolute Gasteiger partial charge is 0.271 e. The number of benzene rings is 2. The van der Waals surface area contributed by atoms with Gasteiger partial charge in [-0.2, -0.15) is 5.10 Å². The zero-order valence-corrected chi connectivity index (χ0v) is 14.2. The molecule has 2 aromatic carbocycles. The number of carbonyl (C=O) groups is 1. The Hall–Kier alpha value is -2.82. The third-order valence-corrected chi connectivity index (χ3v) is 3.34. The van der Waals surface area contributed by atoms with Crippen molar-refractivity contribution in [2.75, 3.05) is 13.7 Å². The highest BCUT2D eigenvalue weighted by Gasteiger charge is 2.05. The van der Waals surface area contributed by atoms with E-state index in [9.17, 15) is 4.79 Å². The van der Waals surface area contributed by atoms with E-state index in [1.807, 2.05) is 44.2 Å². The lowest BCUT2D eigenvalue weighted by atomic mass is 10.1. The van der Waals surface area contributed by atoms with E-state index in [1.165, 1.54) is 0 Å². The molecule has 0 aromatic heterocycles. The maximum atomic E-state index is 12.0. The molecule has 0 heterocycles. The first kappa shape index (κ1) is 17.5. The van der Waals surface area contributed by atoms with Crippen LogP contribution in [0.5, 0.6) is 11.5 Å². The summed E-state index contributed by atoms with van der Waals surface area (Å²) in [5, 5.41) is 3.99. The van der Waals surface area contributed by atoms with Gasteiger partial charge in [0.15, 0.2) is 11.5 Å². The molecule has 0 aliphatic rings. The van der Waals surface area contributed by atoms with Gasteiger partial charge in [0.1, 0.15) is 0 Å². The summed E-state index contributed by atoms with van der Waals surface area (Å²) >= 11 is 0. The van der Waals surface area contributed by atoms with Crippen molar-refractivity contribution in [1.82, 2.24) is 5.43 Å². The van der Waals surface area contributed by atoms with Crippen LogP contribution in [0.4, 0.5) is 0 Å². The predicted octanol–water partition coefficient (Wildman–Crippen LogP) is 3.56. The van der Waals surface area contributed by atoms with E-state index in [1.54, 1.807) is 25.5 Å². The van der Waals surface area contributed by atoms with Gasteiger partial charge in [-0.1, -0.05) is 24.6 Å². The fourth-order valence-corrected chi connectivity index (χ4v) is 2.03. The summed E-state index contributed by atoms with van der Waals surface area (Å²) in [6, 6.07) is 12.8. The Labute approximate surface area is 142 Å². The number of ether oxygens (including phenoxy) is 2. The van der Waals surface area contributed by atoms with Crippen LogP contribution in [0.25, 0.3) is 0 Å². The number of methoxy groups -OCH3 is 1. The Balaban J connectivity index is 2.00. The zero-order chi connectivity index (χ0) is 17.4. The van der Waals surface area contributed by atoms with Gasteiger partial charge >= 0.3 is 0 Å². The molecule has 0 saturated carbocycles. The number of nitrogens with zero attached hydrogens (tertiary/aromatic N) is 1. The second-order valence-corrected chi connectivity index (χ2v) is 5.32. The average Bonchev–Trinajstić information content (AvgIpc) is 2.60. The van der Waals surface area contributed by atoms with Crippen LogP contribution in [0.1, 0.15) is 34.8 Å². The molecular weight excluding hydrogens is 304 g/mol. The first-order valence-corrected chi connectivity index (χ1v) is 7.85. The third kappa shape index (κ3) is 4.84. The van der Waals surface area contributed by atoms with Gasteiger partial charge in [-0.3, -0.25) is 4.79 Å². The molecule has 0 unspecified atom stereocenters. The van der Waals surface area contributed by atoms with E-state index in [2.05, 4.69) is 10.5 Å². The molecule has 2 rings (SSSR count).